The summed E-state index contributed by atoms with van der Waals surface area (Å²) in [5.41, 5.74) is 4.36. The van der Waals surface area contributed by atoms with E-state index in [4.69, 9.17) is 0 Å². The zero-order valence-electron chi connectivity index (χ0n) is 11.2. The van der Waals surface area contributed by atoms with E-state index in [1.807, 2.05) is 65.3 Å². The topological polar surface area (TPSA) is 41.6 Å². The molecule has 0 aliphatic carbocycles. The van der Waals surface area contributed by atoms with Crippen LogP contribution in [0.1, 0.15) is 11.3 Å². The molecular weight excluding hydrogens is 326 g/mol. The van der Waals surface area contributed by atoms with Crippen molar-refractivity contribution in [3.05, 3.63) is 71.9 Å². The van der Waals surface area contributed by atoms with Gasteiger partial charge in [-0.15, -0.1) is 0 Å². The highest BCUT2D eigenvalue weighted by Gasteiger charge is 2.12. The van der Waals surface area contributed by atoms with Crippen molar-refractivity contribution in [2.45, 2.75) is 5.33 Å². The summed E-state index contributed by atoms with van der Waals surface area (Å²) in [7, 11) is 0. The van der Waals surface area contributed by atoms with E-state index in [9.17, 15) is 5.26 Å². The smallest absolute Gasteiger partial charge is 0.0998 e. The Kier molecular flexibility index (Phi) is 3.85. The molecule has 0 spiro atoms. The van der Waals surface area contributed by atoms with Gasteiger partial charge in [-0.1, -0.05) is 52.3 Å². The average Bonchev–Trinajstić information content (AvgIpc) is 2.99. The van der Waals surface area contributed by atoms with Crippen molar-refractivity contribution >= 4 is 15.9 Å². The molecule has 0 bridgehead atoms. The number of hydrogen-bond donors (Lipinski definition) is 0. The van der Waals surface area contributed by atoms with Crippen LogP contribution >= 0.6 is 15.9 Å². The van der Waals surface area contributed by atoms with E-state index in [1.165, 1.54) is 0 Å². The van der Waals surface area contributed by atoms with Gasteiger partial charge >= 0.3 is 0 Å². The van der Waals surface area contributed by atoms with Crippen molar-refractivity contribution in [1.29, 1.82) is 5.26 Å². The summed E-state index contributed by atoms with van der Waals surface area (Å²) in [5.74, 6) is 0. The summed E-state index contributed by atoms with van der Waals surface area (Å²) in [6.07, 6.45) is 0. The van der Waals surface area contributed by atoms with Gasteiger partial charge in [-0.05, 0) is 24.3 Å². The zero-order chi connectivity index (χ0) is 14.7. The zero-order valence-corrected chi connectivity index (χ0v) is 12.8. The van der Waals surface area contributed by atoms with Crippen LogP contribution in [0.2, 0.25) is 0 Å². The van der Waals surface area contributed by atoms with Crippen LogP contribution in [0.15, 0.2) is 60.7 Å². The van der Waals surface area contributed by atoms with E-state index in [0.29, 0.717) is 10.9 Å². The first-order valence-corrected chi connectivity index (χ1v) is 7.65. The number of nitriles is 1. The van der Waals surface area contributed by atoms with E-state index in [2.05, 4.69) is 27.1 Å². The molecule has 1 aromatic heterocycles. The molecule has 3 aromatic rings. The van der Waals surface area contributed by atoms with E-state index in [0.717, 1.165) is 22.6 Å². The van der Waals surface area contributed by atoms with Gasteiger partial charge in [-0.2, -0.15) is 10.4 Å². The molecule has 0 amide bonds. The summed E-state index contributed by atoms with van der Waals surface area (Å²) in [6.45, 7) is 0. The number of hydrogen-bond acceptors (Lipinski definition) is 2. The molecule has 0 saturated heterocycles. The van der Waals surface area contributed by atoms with Gasteiger partial charge in [0, 0.05) is 10.9 Å². The van der Waals surface area contributed by atoms with Crippen LogP contribution in [0.25, 0.3) is 16.9 Å². The molecule has 0 atom stereocenters. The number of halogens is 1. The Labute approximate surface area is 131 Å². The Balaban J connectivity index is 2.15. The van der Waals surface area contributed by atoms with Crippen LogP contribution in [-0.2, 0) is 5.33 Å². The van der Waals surface area contributed by atoms with Crippen molar-refractivity contribution in [1.82, 2.24) is 9.78 Å². The number of nitrogens with zero attached hydrogens (tertiary/aromatic N) is 3. The van der Waals surface area contributed by atoms with E-state index in [1.54, 1.807) is 0 Å². The second-order valence-electron chi connectivity index (χ2n) is 4.56. The van der Waals surface area contributed by atoms with E-state index in [-0.39, 0.29) is 0 Å². The molecule has 2 aromatic carbocycles. The lowest BCUT2D eigenvalue weighted by molar-refractivity contribution is 0.846. The fraction of sp³-hybridized carbons (Fsp3) is 0.0588. The first-order valence-electron chi connectivity index (χ1n) is 6.53. The lowest BCUT2D eigenvalue weighted by atomic mass is 10.1. The molecule has 0 aliphatic rings. The lowest BCUT2D eigenvalue weighted by Gasteiger charge is -2.04. The molecular formula is C17H12BrN3. The standard InChI is InChI=1S/C17H12BrN3/c18-11-15-10-17(16-9-5-4-6-13(16)12-19)20-21(15)14-7-2-1-3-8-14/h1-10H,11H2. The lowest BCUT2D eigenvalue weighted by Crippen LogP contribution is -2.00. The SMILES string of the molecule is N#Cc1ccccc1-c1cc(CBr)n(-c2ccccc2)n1. The van der Waals surface area contributed by atoms with Crippen LogP contribution in [-0.4, -0.2) is 9.78 Å². The van der Waals surface area contributed by atoms with Gasteiger partial charge in [-0.25, -0.2) is 4.68 Å². The van der Waals surface area contributed by atoms with Gasteiger partial charge in [0.2, 0.25) is 0 Å². The van der Waals surface area contributed by atoms with Crippen LogP contribution in [0.3, 0.4) is 0 Å². The predicted octanol–water partition coefficient (Wildman–Crippen LogP) is 4.31. The Morgan fingerprint density at radius 1 is 1.05 bits per heavy atom. The van der Waals surface area contributed by atoms with Crippen molar-refractivity contribution < 1.29 is 0 Å². The predicted molar refractivity (Wildman–Crippen MR) is 86.3 cm³/mol. The monoisotopic (exact) mass is 337 g/mol. The summed E-state index contributed by atoms with van der Waals surface area (Å²) in [5, 5.41) is 14.6. The number of para-hydroxylation sites is 1. The number of alkyl halides is 1. The number of aromatic nitrogens is 2. The largest absolute Gasteiger partial charge is 0.236 e. The van der Waals surface area contributed by atoms with Gasteiger partial charge in [0.25, 0.3) is 0 Å². The van der Waals surface area contributed by atoms with Crippen LogP contribution in [0.4, 0.5) is 0 Å². The minimum Gasteiger partial charge on any atom is -0.236 e. The molecule has 102 valence electrons. The Hall–Kier alpha value is -2.38. The Bertz CT molecular complexity index is 800. The third kappa shape index (κ3) is 2.61. The third-order valence-corrected chi connectivity index (χ3v) is 3.82. The molecule has 0 fully saturated rings. The summed E-state index contributed by atoms with van der Waals surface area (Å²) in [6, 6.07) is 21.7. The summed E-state index contributed by atoms with van der Waals surface area (Å²) < 4.78 is 1.90. The van der Waals surface area contributed by atoms with E-state index >= 15 is 0 Å². The Morgan fingerprint density at radius 3 is 2.48 bits per heavy atom. The van der Waals surface area contributed by atoms with Crippen LogP contribution in [0.5, 0.6) is 0 Å². The number of rotatable bonds is 3. The number of benzene rings is 2. The quantitative estimate of drug-likeness (QED) is 0.668. The van der Waals surface area contributed by atoms with Crippen LogP contribution < -0.4 is 0 Å². The summed E-state index contributed by atoms with van der Waals surface area (Å²) in [4.78, 5) is 0. The minimum atomic E-state index is 0.635. The second-order valence-corrected chi connectivity index (χ2v) is 5.12. The van der Waals surface area contributed by atoms with Gasteiger partial charge in [0.15, 0.2) is 0 Å². The summed E-state index contributed by atoms with van der Waals surface area (Å²) >= 11 is 3.50. The van der Waals surface area contributed by atoms with Gasteiger partial charge in [0.1, 0.15) is 0 Å². The normalized spacial score (nSPS) is 10.3. The van der Waals surface area contributed by atoms with E-state index < -0.39 is 0 Å². The average molecular weight is 338 g/mol. The minimum absolute atomic E-state index is 0.635. The molecule has 3 rings (SSSR count). The molecule has 1 heterocycles. The van der Waals surface area contributed by atoms with Crippen molar-refractivity contribution in [2.75, 3.05) is 0 Å². The Morgan fingerprint density at radius 2 is 1.76 bits per heavy atom. The second kappa shape index (κ2) is 5.94. The fourth-order valence-electron chi connectivity index (χ4n) is 2.24. The molecule has 0 saturated carbocycles. The van der Waals surface area contributed by atoms with Gasteiger partial charge < -0.3 is 0 Å². The van der Waals surface area contributed by atoms with Crippen molar-refractivity contribution in [3.63, 3.8) is 0 Å². The maximum absolute atomic E-state index is 9.24. The van der Waals surface area contributed by atoms with Crippen LogP contribution in [0, 0.1) is 11.3 Å². The molecule has 0 aliphatic heterocycles. The van der Waals surface area contributed by atoms with Crippen molar-refractivity contribution in [3.8, 4) is 23.0 Å². The maximum Gasteiger partial charge on any atom is 0.0998 e. The molecule has 21 heavy (non-hydrogen) atoms. The maximum atomic E-state index is 9.24. The molecule has 4 heteroatoms. The molecule has 0 radical (unpaired) electrons. The molecule has 3 nitrogen and oxygen atoms in total. The molecule has 0 unspecified atom stereocenters. The first kappa shape index (κ1) is 13.6. The highest BCUT2D eigenvalue weighted by molar-refractivity contribution is 9.08. The highest BCUT2D eigenvalue weighted by Crippen LogP contribution is 2.25. The third-order valence-electron chi connectivity index (χ3n) is 3.24. The van der Waals surface area contributed by atoms with Crippen molar-refractivity contribution in [2.24, 2.45) is 0 Å². The fourth-order valence-corrected chi connectivity index (χ4v) is 2.64. The first-order chi connectivity index (χ1) is 10.3. The van der Waals surface area contributed by atoms with Gasteiger partial charge in [-0.3, -0.25) is 0 Å². The van der Waals surface area contributed by atoms with Gasteiger partial charge in [0.05, 0.1) is 28.7 Å². The molecule has 0 N–H and O–H groups in total. The highest BCUT2D eigenvalue weighted by atomic mass is 79.9.